The van der Waals surface area contributed by atoms with Crippen LogP contribution in [0.25, 0.3) is 0 Å². The van der Waals surface area contributed by atoms with Crippen LogP contribution in [0.4, 0.5) is 5.69 Å². The van der Waals surface area contributed by atoms with Crippen LogP contribution in [-0.2, 0) is 19.6 Å². The van der Waals surface area contributed by atoms with Gasteiger partial charge in [-0.05, 0) is 42.8 Å². The van der Waals surface area contributed by atoms with Gasteiger partial charge < -0.3 is 14.2 Å². The summed E-state index contributed by atoms with van der Waals surface area (Å²) in [6.07, 6.45) is 0. The molecule has 1 heterocycles. The zero-order chi connectivity index (χ0) is 19.6. The second-order valence-corrected chi connectivity index (χ2v) is 8.12. The van der Waals surface area contributed by atoms with Crippen molar-refractivity contribution in [3.05, 3.63) is 47.0 Å². The maximum atomic E-state index is 13.3. The van der Waals surface area contributed by atoms with E-state index >= 15 is 0 Å². The lowest BCUT2D eigenvalue weighted by Crippen LogP contribution is -2.36. The highest BCUT2D eigenvalue weighted by Crippen LogP contribution is 2.35. The average molecular weight is 412 g/mol. The molecule has 0 saturated heterocycles. The van der Waals surface area contributed by atoms with Crippen LogP contribution < -0.4 is 13.8 Å². The quantitative estimate of drug-likeness (QED) is 0.703. The molecule has 0 radical (unpaired) electrons. The molecule has 144 valence electrons. The van der Waals surface area contributed by atoms with Crippen molar-refractivity contribution in [2.24, 2.45) is 0 Å². The molecule has 0 bridgehead atoms. The van der Waals surface area contributed by atoms with Crippen LogP contribution in [0.2, 0.25) is 5.02 Å². The summed E-state index contributed by atoms with van der Waals surface area (Å²) in [5, 5.41) is 0.464. The Bertz CT molecular complexity index is 976. The van der Waals surface area contributed by atoms with E-state index in [4.69, 9.17) is 21.1 Å². The fraction of sp³-hybridized carbons (Fsp3) is 0.278. The number of carbonyl (C=O) groups excluding carboxylic acids is 1. The summed E-state index contributed by atoms with van der Waals surface area (Å²) >= 11 is 5.98. The van der Waals surface area contributed by atoms with Crippen LogP contribution in [-0.4, -0.2) is 41.3 Å². The fourth-order valence-electron chi connectivity index (χ4n) is 2.69. The van der Waals surface area contributed by atoms with E-state index in [9.17, 15) is 13.2 Å². The molecular formula is C18H18ClNO6S. The van der Waals surface area contributed by atoms with Gasteiger partial charge in [0, 0.05) is 11.1 Å². The number of sulfonamides is 1. The predicted octanol–water partition coefficient (Wildman–Crippen LogP) is 2.79. The topological polar surface area (TPSA) is 82.1 Å². The zero-order valence-electron chi connectivity index (χ0n) is 14.8. The lowest BCUT2D eigenvalue weighted by Gasteiger charge is -2.26. The maximum absolute atomic E-state index is 13.3. The average Bonchev–Trinajstić information content (AvgIpc) is 2.66. The smallest absolute Gasteiger partial charge is 0.326 e. The highest BCUT2D eigenvalue weighted by atomic mass is 35.5. The van der Waals surface area contributed by atoms with E-state index in [2.05, 4.69) is 4.74 Å². The molecule has 27 heavy (non-hydrogen) atoms. The van der Waals surface area contributed by atoms with Crippen molar-refractivity contribution in [1.82, 2.24) is 0 Å². The third kappa shape index (κ3) is 3.96. The molecular weight excluding hydrogens is 394 g/mol. The first-order valence-electron chi connectivity index (χ1n) is 8.08. The Kier molecular flexibility index (Phi) is 5.48. The van der Waals surface area contributed by atoms with Crippen LogP contribution in [0.1, 0.15) is 5.56 Å². The number of anilines is 1. The lowest BCUT2D eigenvalue weighted by atomic mass is 10.2. The molecule has 0 spiro atoms. The van der Waals surface area contributed by atoms with E-state index in [1.54, 1.807) is 25.1 Å². The van der Waals surface area contributed by atoms with Crippen LogP contribution in [0.15, 0.2) is 41.3 Å². The number of esters is 1. The Morgan fingerprint density at radius 3 is 2.52 bits per heavy atom. The van der Waals surface area contributed by atoms with Crippen LogP contribution in [0.5, 0.6) is 11.5 Å². The summed E-state index contributed by atoms with van der Waals surface area (Å²) in [7, 11) is -2.87. The normalized spacial score (nSPS) is 13.1. The minimum atomic E-state index is -4.07. The van der Waals surface area contributed by atoms with E-state index in [0.717, 1.165) is 4.31 Å². The van der Waals surface area contributed by atoms with Crippen LogP contribution >= 0.6 is 11.6 Å². The number of halogens is 1. The number of fused-ring (bicyclic) bond motifs is 1. The third-order valence-electron chi connectivity index (χ3n) is 4.03. The van der Waals surface area contributed by atoms with Gasteiger partial charge in [-0.2, -0.15) is 0 Å². The number of ether oxygens (including phenoxy) is 3. The third-order valence-corrected chi connectivity index (χ3v) is 6.02. The largest absolute Gasteiger partial charge is 0.486 e. The molecule has 2 aromatic carbocycles. The van der Waals surface area contributed by atoms with Crippen molar-refractivity contribution in [1.29, 1.82) is 0 Å². The fourth-order valence-corrected chi connectivity index (χ4v) is 4.41. The number of rotatable bonds is 5. The summed E-state index contributed by atoms with van der Waals surface area (Å²) in [6.45, 7) is 1.97. The molecule has 3 rings (SSSR count). The Hall–Kier alpha value is -2.45. The Morgan fingerprint density at radius 2 is 1.85 bits per heavy atom. The first-order chi connectivity index (χ1) is 12.8. The number of methoxy groups -OCH3 is 1. The number of hydrogen-bond acceptors (Lipinski definition) is 6. The van der Waals surface area contributed by atoms with Gasteiger partial charge in [0.2, 0.25) is 0 Å². The lowest BCUT2D eigenvalue weighted by molar-refractivity contribution is -0.138. The minimum absolute atomic E-state index is 0.0231. The molecule has 0 fully saturated rings. The van der Waals surface area contributed by atoms with Crippen molar-refractivity contribution < 1.29 is 27.4 Å². The first-order valence-corrected chi connectivity index (χ1v) is 9.90. The summed E-state index contributed by atoms with van der Waals surface area (Å²) < 4.78 is 43.2. The van der Waals surface area contributed by atoms with E-state index in [1.807, 2.05) is 0 Å². The van der Waals surface area contributed by atoms with Gasteiger partial charge >= 0.3 is 5.97 Å². The summed E-state index contributed by atoms with van der Waals surface area (Å²) in [6, 6.07) is 9.08. The Morgan fingerprint density at radius 1 is 1.15 bits per heavy atom. The van der Waals surface area contributed by atoms with Crippen LogP contribution in [0, 0.1) is 6.92 Å². The molecule has 7 nitrogen and oxygen atoms in total. The molecule has 1 aliphatic rings. The number of benzene rings is 2. The molecule has 2 aromatic rings. The van der Waals surface area contributed by atoms with Gasteiger partial charge in [-0.1, -0.05) is 11.6 Å². The molecule has 0 aliphatic carbocycles. The van der Waals surface area contributed by atoms with E-state index in [-0.39, 0.29) is 4.90 Å². The second kappa shape index (κ2) is 7.66. The molecule has 0 unspecified atom stereocenters. The predicted molar refractivity (Wildman–Crippen MR) is 100 cm³/mol. The number of nitrogens with zero attached hydrogens (tertiary/aromatic N) is 1. The molecule has 0 atom stereocenters. The van der Waals surface area contributed by atoms with Gasteiger partial charge in [-0.25, -0.2) is 8.42 Å². The van der Waals surface area contributed by atoms with Crippen LogP contribution in [0.3, 0.4) is 0 Å². The summed E-state index contributed by atoms with van der Waals surface area (Å²) in [5.74, 6) is 0.126. The highest BCUT2D eigenvalue weighted by Gasteiger charge is 2.30. The monoisotopic (exact) mass is 411 g/mol. The number of aryl methyl sites for hydroxylation is 1. The SMILES string of the molecule is COC(=O)CN(c1ccc(Cl)cc1C)S(=O)(=O)c1ccc2c(c1)OCCO2. The zero-order valence-corrected chi connectivity index (χ0v) is 16.3. The van der Waals surface area contributed by atoms with Crippen molar-refractivity contribution >= 4 is 33.3 Å². The number of carbonyl (C=O) groups is 1. The van der Waals surface area contributed by atoms with Gasteiger partial charge in [-0.3, -0.25) is 9.10 Å². The molecule has 1 aliphatic heterocycles. The van der Waals surface area contributed by atoms with Gasteiger partial charge in [0.1, 0.15) is 19.8 Å². The Labute approximate surface area is 162 Å². The maximum Gasteiger partial charge on any atom is 0.326 e. The number of hydrogen-bond donors (Lipinski definition) is 0. The van der Waals surface area contributed by atoms with Crippen molar-refractivity contribution in [3.8, 4) is 11.5 Å². The summed E-state index contributed by atoms with van der Waals surface area (Å²) in [4.78, 5) is 11.9. The Balaban J connectivity index is 2.08. The van der Waals surface area contributed by atoms with Crippen molar-refractivity contribution in [3.63, 3.8) is 0 Å². The highest BCUT2D eigenvalue weighted by molar-refractivity contribution is 7.92. The summed E-state index contributed by atoms with van der Waals surface area (Å²) in [5.41, 5.74) is 0.937. The molecule has 9 heteroatoms. The minimum Gasteiger partial charge on any atom is -0.486 e. The van der Waals surface area contributed by atoms with Gasteiger partial charge in [-0.15, -0.1) is 0 Å². The van der Waals surface area contributed by atoms with Gasteiger partial charge in [0.05, 0.1) is 17.7 Å². The van der Waals surface area contributed by atoms with Crippen molar-refractivity contribution in [2.45, 2.75) is 11.8 Å². The standard InChI is InChI=1S/C18H18ClNO6S/c1-12-9-13(19)3-5-15(12)20(11-18(21)24-2)27(22,23)14-4-6-16-17(10-14)26-8-7-25-16/h3-6,9-10H,7-8,11H2,1-2H3. The molecule has 0 saturated carbocycles. The van der Waals surface area contributed by atoms with E-state index in [1.165, 1.54) is 25.3 Å². The molecule has 0 N–H and O–H groups in total. The van der Waals surface area contributed by atoms with E-state index < -0.39 is 22.5 Å². The van der Waals surface area contributed by atoms with Crippen molar-refractivity contribution in [2.75, 3.05) is 31.2 Å². The first kappa shape index (κ1) is 19.3. The second-order valence-electron chi connectivity index (χ2n) is 5.82. The van der Waals surface area contributed by atoms with E-state index in [0.29, 0.717) is 41.0 Å². The van der Waals surface area contributed by atoms with Gasteiger partial charge in [0.15, 0.2) is 11.5 Å². The molecule has 0 aromatic heterocycles. The molecule has 0 amide bonds. The van der Waals surface area contributed by atoms with Gasteiger partial charge in [0.25, 0.3) is 10.0 Å².